The lowest BCUT2D eigenvalue weighted by atomic mass is 10.2. The highest BCUT2D eigenvalue weighted by Gasteiger charge is 2.35. The van der Waals surface area contributed by atoms with Crippen LogP contribution in [0.25, 0.3) is 10.2 Å². The molecule has 10 heteroatoms. The fraction of sp³-hybridized carbons (Fsp3) is 0.217. The maximum atomic E-state index is 13.5. The van der Waals surface area contributed by atoms with Crippen molar-refractivity contribution in [3.63, 3.8) is 0 Å². The molecule has 7 nitrogen and oxygen atoms in total. The normalized spacial score (nSPS) is 14.2. The smallest absolute Gasteiger partial charge is 0.260 e. The zero-order valence-corrected chi connectivity index (χ0v) is 20.0. The summed E-state index contributed by atoms with van der Waals surface area (Å²) in [5, 5.41) is 1.09. The van der Waals surface area contributed by atoms with Gasteiger partial charge < -0.3 is 4.42 Å². The van der Waals surface area contributed by atoms with Crippen molar-refractivity contribution in [2.24, 2.45) is 0 Å². The number of carbonyl (C=O) groups is 1. The summed E-state index contributed by atoms with van der Waals surface area (Å²) in [6.07, 6.45) is 3.30. The molecule has 1 aliphatic carbocycles. The minimum absolute atomic E-state index is 0.0626. The SMILES string of the molecule is CN(C1CC1)S(=O)(=O)c1ccc(C(=O)N(Cc2ccco2)c2nc3ccc(Cl)cc3s2)cc1. The summed E-state index contributed by atoms with van der Waals surface area (Å²) >= 11 is 7.46. The van der Waals surface area contributed by atoms with Gasteiger partial charge in [0.1, 0.15) is 5.76 Å². The molecule has 0 radical (unpaired) electrons. The van der Waals surface area contributed by atoms with Crippen molar-refractivity contribution in [3.05, 3.63) is 77.2 Å². The minimum atomic E-state index is -3.58. The van der Waals surface area contributed by atoms with Crippen LogP contribution in [0.3, 0.4) is 0 Å². The maximum absolute atomic E-state index is 13.5. The Hall–Kier alpha value is -2.72. The monoisotopic (exact) mass is 501 g/mol. The van der Waals surface area contributed by atoms with E-state index >= 15 is 0 Å². The Kier molecular flexibility index (Phi) is 5.74. The van der Waals surface area contributed by atoms with Crippen LogP contribution in [0.4, 0.5) is 5.13 Å². The number of rotatable bonds is 7. The van der Waals surface area contributed by atoms with Crippen LogP contribution in [0, 0.1) is 0 Å². The number of nitrogens with zero attached hydrogens (tertiary/aromatic N) is 3. The Bertz CT molecular complexity index is 1410. The Labute approximate surface area is 200 Å². The van der Waals surface area contributed by atoms with E-state index in [4.69, 9.17) is 16.0 Å². The lowest BCUT2D eigenvalue weighted by Gasteiger charge is -2.19. The second kappa shape index (κ2) is 8.57. The van der Waals surface area contributed by atoms with Crippen molar-refractivity contribution < 1.29 is 17.6 Å². The molecule has 5 rings (SSSR count). The van der Waals surface area contributed by atoms with Gasteiger partial charge in [0.25, 0.3) is 5.91 Å². The molecule has 1 aliphatic rings. The Morgan fingerprint density at radius 2 is 1.94 bits per heavy atom. The number of carbonyl (C=O) groups excluding carboxylic acids is 1. The Morgan fingerprint density at radius 1 is 1.18 bits per heavy atom. The molecular weight excluding hydrogens is 482 g/mol. The van der Waals surface area contributed by atoms with Gasteiger partial charge in [0, 0.05) is 23.7 Å². The fourth-order valence-electron chi connectivity index (χ4n) is 3.51. The second-order valence-corrected chi connectivity index (χ2v) is 11.3. The number of hydrogen-bond donors (Lipinski definition) is 0. The zero-order chi connectivity index (χ0) is 23.2. The number of amides is 1. The van der Waals surface area contributed by atoms with Gasteiger partial charge >= 0.3 is 0 Å². The fourth-order valence-corrected chi connectivity index (χ4v) is 6.17. The first kappa shape index (κ1) is 22.1. The Morgan fingerprint density at radius 3 is 2.61 bits per heavy atom. The lowest BCUT2D eigenvalue weighted by Crippen LogP contribution is -2.31. The van der Waals surface area contributed by atoms with Gasteiger partial charge in [-0.15, -0.1) is 0 Å². The van der Waals surface area contributed by atoms with E-state index in [2.05, 4.69) is 4.98 Å². The number of aromatic nitrogens is 1. The van der Waals surface area contributed by atoms with Gasteiger partial charge in [-0.25, -0.2) is 13.4 Å². The van der Waals surface area contributed by atoms with Crippen LogP contribution in [-0.2, 0) is 16.6 Å². The van der Waals surface area contributed by atoms with Crippen molar-refractivity contribution >= 4 is 54.2 Å². The van der Waals surface area contributed by atoms with Gasteiger partial charge in [-0.3, -0.25) is 9.69 Å². The summed E-state index contributed by atoms with van der Waals surface area (Å²) in [6, 6.07) is 15.0. The molecule has 2 aromatic heterocycles. The van der Waals surface area contributed by atoms with E-state index in [0.29, 0.717) is 21.5 Å². The summed E-state index contributed by atoms with van der Waals surface area (Å²) < 4.78 is 33.3. The first-order valence-electron chi connectivity index (χ1n) is 10.3. The van der Waals surface area contributed by atoms with Gasteiger partial charge in [-0.2, -0.15) is 4.31 Å². The molecule has 0 bridgehead atoms. The average molecular weight is 502 g/mol. The van der Waals surface area contributed by atoms with E-state index < -0.39 is 10.0 Å². The predicted octanol–water partition coefficient (Wildman–Crippen LogP) is 5.17. The number of anilines is 1. The number of benzene rings is 2. The molecule has 0 spiro atoms. The summed E-state index contributed by atoms with van der Waals surface area (Å²) in [7, 11) is -1.99. The molecule has 33 heavy (non-hydrogen) atoms. The molecule has 0 atom stereocenters. The highest BCUT2D eigenvalue weighted by molar-refractivity contribution is 7.89. The molecule has 0 aliphatic heterocycles. The quantitative estimate of drug-likeness (QED) is 0.348. The van der Waals surface area contributed by atoms with E-state index in [1.807, 2.05) is 12.1 Å². The van der Waals surface area contributed by atoms with E-state index in [-0.39, 0.29) is 23.4 Å². The minimum Gasteiger partial charge on any atom is -0.467 e. The highest BCUT2D eigenvalue weighted by atomic mass is 35.5. The van der Waals surface area contributed by atoms with E-state index in [0.717, 1.165) is 23.1 Å². The van der Waals surface area contributed by atoms with Gasteiger partial charge in [0.15, 0.2) is 5.13 Å². The van der Waals surface area contributed by atoms with Gasteiger partial charge in [-0.1, -0.05) is 22.9 Å². The van der Waals surface area contributed by atoms with Gasteiger partial charge in [-0.05, 0) is 67.4 Å². The van der Waals surface area contributed by atoms with Crippen LogP contribution in [0.2, 0.25) is 5.02 Å². The summed E-state index contributed by atoms with van der Waals surface area (Å²) in [6.45, 7) is 0.184. The largest absolute Gasteiger partial charge is 0.467 e. The number of fused-ring (bicyclic) bond motifs is 1. The standard InChI is InChI=1S/C23H20ClN3O4S2/c1-26(17-7-8-17)33(29,30)19-9-4-15(5-10-19)22(28)27(14-18-3-2-12-31-18)23-25-20-11-6-16(24)13-21(20)32-23/h2-6,9-13,17H,7-8,14H2,1H3. The first-order chi connectivity index (χ1) is 15.8. The van der Waals surface area contributed by atoms with Crippen LogP contribution >= 0.6 is 22.9 Å². The lowest BCUT2D eigenvalue weighted by molar-refractivity contribution is 0.0983. The maximum Gasteiger partial charge on any atom is 0.260 e. The summed E-state index contributed by atoms with van der Waals surface area (Å²) in [4.78, 5) is 19.8. The van der Waals surface area contributed by atoms with E-state index in [1.54, 1.807) is 31.5 Å². The average Bonchev–Trinajstić information content (AvgIpc) is 3.36. The Balaban J connectivity index is 1.47. The first-order valence-corrected chi connectivity index (χ1v) is 12.9. The number of furan rings is 1. The second-order valence-electron chi connectivity index (χ2n) is 7.86. The van der Waals surface area contributed by atoms with Crippen LogP contribution in [0.5, 0.6) is 0 Å². The number of sulfonamides is 1. The summed E-state index contributed by atoms with van der Waals surface area (Å²) in [5.41, 5.74) is 1.09. The van der Waals surface area contributed by atoms with Crippen LogP contribution < -0.4 is 4.90 Å². The summed E-state index contributed by atoms with van der Waals surface area (Å²) in [5.74, 6) is 0.293. The number of hydrogen-bond acceptors (Lipinski definition) is 6. The van der Waals surface area contributed by atoms with Crippen molar-refractivity contribution in [1.82, 2.24) is 9.29 Å². The number of halogens is 1. The van der Waals surface area contributed by atoms with Gasteiger partial charge in [0.2, 0.25) is 10.0 Å². The third-order valence-corrected chi connectivity index (χ3v) is 8.75. The van der Waals surface area contributed by atoms with Gasteiger partial charge in [0.05, 0.1) is 27.9 Å². The molecule has 0 N–H and O–H groups in total. The van der Waals surface area contributed by atoms with Crippen molar-refractivity contribution in [2.45, 2.75) is 30.3 Å². The zero-order valence-electron chi connectivity index (χ0n) is 17.6. The molecule has 1 amide bonds. The van der Waals surface area contributed by atoms with Crippen LogP contribution in [0.1, 0.15) is 29.0 Å². The third-order valence-electron chi connectivity index (χ3n) is 5.55. The molecule has 4 aromatic rings. The topological polar surface area (TPSA) is 83.7 Å². The predicted molar refractivity (Wildman–Crippen MR) is 128 cm³/mol. The molecule has 0 unspecified atom stereocenters. The molecule has 1 saturated carbocycles. The van der Waals surface area contributed by atoms with Crippen molar-refractivity contribution in [1.29, 1.82) is 0 Å². The molecular formula is C23H20ClN3O4S2. The van der Waals surface area contributed by atoms with Crippen LogP contribution in [-0.4, -0.2) is 36.7 Å². The van der Waals surface area contributed by atoms with E-state index in [9.17, 15) is 13.2 Å². The van der Waals surface area contributed by atoms with Crippen molar-refractivity contribution in [3.8, 4) is 0 Å². The van der Waals surface area contributed by atoms with Crippen LogP contribution in [0.15, 0.2) is 70.2 Å². The van der Waals surface area contributed by atoms with Crippen molar-refractivity contribution in [2.75, 3.05) is 11.9 Å². The van der Waals surface area contributed by atoms with E-state index in [1.165, 1.54) is 44.8 Å². The number of thiazole rings is 1. The third kappa shape index (κ3) is 4.41. The molecule has 2 heterocycles. The molecule has 1 fully saturated rings. The molecule has 2 aromatic carbocycles. The molecule has 0 saturated heterocycles. The molecule has 170 valence electrons. The highest BCUT2D eigenvalue weighted by Crippen LogP contribution is 2.33.